The molecule has 0 amide bonds. The van der Waals surface area contributed by atoms with Crippen molar-refractivity contribution < 1.29 is 8.42 Å². The largest absolute Gasteiger partial charge is 0.330 e. The van der Waals surface area contributed by atoms with Gasteiger partial charge in [0.25, 0.3) is 0 Å². The molecule has 0 fully saturated rings. The Balaban J connectivity index is 2.36. The van der Waals surface area contributed by atoms with E-state index in [9.17, 15) is 8.42 Å². The molecule has 0 aliphatic heterocycles. The average molecular weight is 243 g/mol. The van der Waals surface area contributed by atoms with Crippen LogP contribution in [0.1, 0.15) is 18.5 Å². The number of nitrogens with one attached hydrogen (secondary N) is 1. The summed E-state index contributed by atoms with van der Waals surface area (Å²) in [5.41, 5.74) is 6.01. The number of hydrogen-bond donors (Lipinski definition) is 2. The Hall–Kier alpha value is -0.980. The van der Waals surface area contributed by atoms with Gasteiger partial charge in [0.15, 0.2) is 0 Å². The predicted octanol–water partition coefficient (Wildman–Crippen LogP) is 0.240. The molecule has 0 saturated carbocycles. The van der Waals surface area contributed by atoms with Crippen LogP contribution in [0.4, 0.5) is 0 Å². The zero-order chi connectivity index (χ0) is 11.9. The standard InChI is InChI=1S/C10H17N3O2S/c11-6-2-4-8-16(14,15)13-9-10-5-1-3-7-12-10/h1,3,5,7,13H,2,4,6,8-9,11H2. The second-order valence-electron chi connectivity index (χ2n) is 3.46. The fourth-order valence-electron chi connectivity index (χ4n) is 1.20. The molecule has 0 aliphatic rings. The first-order valence-corrected chi connectivity index (χ1v) is 6.86. The molecule has 6 heteroatoms. The van der Waals surface area contributed by atoms with Crippen molar-refractivity contribution in [1.29, 1.82) is 0 Å². The summed E-state index contributed by atoms with van der Waals surface area (Å²) in [5.74, 6) is 0.122. The Kier molecular flexibility index (Phi) is 5.37. The third-order valence-corrected chi connectivity index (χ3v) is 3.48. The van der Waals surface area contributed by atoms with Crippen molar-refractivity contribution in [2.75, 3.05) is 12.3 Å². The minimum absolute atomic E-state index is 0.122. The molecule has 0 radical (unpaired) electrons. The van der Waals surface area contributed by atoms with E-state index in [4.69, 9.17) is 5.73 Å². The highest BCUT2D eigenvalue weighted by atomic mass is 32.2. The fourth-order valence-corrected chi connectivity index (χ4v) is 2.29. The van der Waals surface area contributed by atoms with Crippen LogP contribution in [0.25, 0.3) is 0 Å². The van der Waals surface area contributed by atoms with E-state index in [0.717, 1.165) is 6.42 Å². The van der Waals surface area contributed by atoms with Gasteiger partial charge in [0, 0.05) is 6.20 Å². The van der Waals surface area contributed by atoms with Gasteiger partial charge in [0.1, 0.15) is 0 Å². The maximum absolute atomic E-state index is 11.5. The molecular weight excluding hydrogens is 226 g/mol. The maximum atomic E-state index is 11.5. The molecule has 5 nitrogen and oxygen atoms in total. The van der Waals surface area contributed by atoms with Crippen molar-refractivity contribution in [2.24, 2.45) is 5.73 Å². The lowest BCUT2D eigenvalue weighted by Gasteiger charge is -2.05. The van der Waals surface area contributed by atoms with Crippen LogP contribution in [0, 0.1) is 0 Å². The number of hydrogen-bond acceptors (Lipinski definition) is 4. The summed E-state index contributed by atoms with van der Waals surface area (Å²) < 4.78 is 25.5. The van der Waals surface area contributed by atoms with Crippen LogP contribution < -0.4 is 10.5 Å². The van der Waals surface area contributed by atoms with E-state index in [1.807, 2.05) is 6.07 Å². The van der Waals surface area contributed by atoms with Crippen LogP contribution in [0.3, 0.4) is 0 Å². The van der Waals surface area contributed by atoms with Gasteiger partial charge in [-0.3, -0.25) is 4.98 Å². The van der Waals surface area contributed by atoms with E-state index in [0.29, 0.717) is 18.7 Å². The molecular formula is C10H17N3O2S. The minimum Gasteiger partial charge on any atom is -0.330 e. The number of nitrogens with zero attached hydrogens (tertiary/aromatic N) is 1. The molecule has 90 valence electrons. The van der Waals surface area contributed by atoms with Gasteiger partial charge in [0.2, 0.25) is 10.0 Å². The third kappa shape index (κ3) is 5.20. The van der Waals surface area contributed by atoms with Crippen LogP contribution in [0.2, 0.25) is 0 Å². The van der Waals surface area contributed by atoms with E-state index in [1.165, 1.54) is 0 Å². The Bertz CT molecular complexity index is 392. The normalized spacial score (nSPS) is 11.6. The lowest BCUT2D eigenvalue weighted by Crippen LogP contribution is -2.26. The van der Waals surface area contributed by atoms with Gasteiger partial charge in [-0.1, -0.05) is 6.07 Å². The lowest BCUT2D eigenvalue weighted by atomic mass is 10.3. The molecule has 0 bridgehead atoms. The van der Waals surface area contributed by atoms with E-state index in [1.54, 1.807) is 18.3 Å². The summed E-state index contributed by atoms with van der Waals surface area (Å²) in [6.45, 7) is 0.765. The van der Waals surface area contributed by atoms with Gasteiger partial charge in [0.05, 0.1) is 18.0 Å². The molecule has 0 aromatic carbocycles. The number of aromatic nitrogens is 1. The van der Waals surface area contributed by atoms with Crippen LogP contribution in [0.5, 0.6) is 0 Å². The quantitative estimate of drug-likeness (QED) is 0.672. The van der Waals surface area contributed by atoms with E-state index in [2.05, 4.69) is 9.71 Å². The van der Waals surface area contributed by atoms with Crippen molar-refractivity contribution in [3.05, 3.63) is 30.1 Å². The summed E-state index contributed by atoms with van der Waals surface area (Å²) in [5, 5.41) is 0. The van der Waals surface area contributed by atoms with Gasteiger partial charge in [-0.15, -0.1) is 0 Å². The van der Waals surface area contributed by atoms with E-state index >= 15 is 0 Å². The summed E-state index contributed by atoms with van der Waals surface area (Å²) in [6.07, 6.45) is 2.95. The fraction of sp³-hybridized carbons (Fsp3) is 0.500. The van der Waals surface area contributed by atoms with Crippen LogP contribution in [0.15, 0.2) is 24.4 Å². The smallest absolute Gasteiger partial charge is 0.211 e. The summed E-state index contributed by atoms with van der Waals surface area (Å²) >= 11 is 0. The summed E-state index contributed by atoms with van der Waals surface area (Å²) in [6, 6.07) is 5.40. The number of sulfonamides is 1. The number of unbranched alkanes of at least 4 members (excludes halogenated alkanes) is 1. The van der Waals surface area contributed by atoms with Crippen molar-refractivity contribution in [3.63, 3.8) is 0 Å². The first kappa shape index (κ1) is 13.1. The van der Waals surface area contributed by atoms with E-state index < -0.39 is 10.0 Å². The number of nitrogens with two attached hydrogens (primary N) is 1. The van der Waals surface area contributed by atoms with E-state index in [-0.39, 0.29) is 12.3 Å². The molecule has 1 aromatic rings. The molecule has 1 heterocycles. The predicted molar refractivity (Wildman–Crippen MR) is 63.2 cm³/mol. The highest BCUT2D eigenvalue weighted by Gasteiger charge is 2.09. The molecule has 1 aromatic heterocycles. The van der Waals surface area contributed by atoms with Gasteiger partial charge >= 0.3 is 0 Å². The van der Waals surface area contributed by atoms with Crippen LogP contribution in [-0.4, -0.2) is 25.7 Å². The first-order valence-electron chi connectivity index (χ1n) is 5.21. The van der Waals surface area contributed by atoms with Gasteiger partial charge in [-0.2, -0.15) is 0 Å². The highest BCUT2D eigenvalue weighted by molar-refractivity contribution is 7.89. The highest BCUT2D eigenvalue weighted by Crippen LogP contribution is 1.97. The second-order valence-corrected chi connectivity index (χ2v) is 5.38. The summed E-state index contributed by atoms with van der Waals surface area (Å²) in [7, 11) is -3.20. The minimum atomic E-state index is -3.20. The van der Waals surface area contributed by atoms with Gasteiger partial charge in [-0.05, 0) is 31.5 Å². The Labute approximate surface area is 96.1 Å². The zero-order valence-corrected chi connectivity index (χ0v) is 9.91. The Morgan fingerprint density at radius 1 is 1.31 bits per heavy atom. The lowest BCUT2D eigenvalue weighted by molar-refractivity contribution is 0.576. The van der Waals surface area contributed by atoms with Crippen molar-refractivity contribution in [3.8, 4) is 0 Å². The first-order chi connectivity index (χ1) is 7.64. The molecule has 1 rings (SSSR count). The molecule has 0 spiro atoms. The monoisotopic (exact) mass is 243 g/mol. The number of rotatable bonds is 7. The SMILES string of the molecule is NCCCCS(=O)(=O)NCc1ccccn1. The van der Waals surface area contributed by atoms with Crippen LogP contribution in [-0.2, 0) is 16.6 Å². The Morgan fingerprint density at radius 3 is 2.75 bits per heavy atom. The number of pyridine rings is 1. The van der Waals surface area contributed by atoms with Crippen molar-refractivity contribution >= 4 is 10.0 Å². The van der Waals surface area contributed by atoms with Crippen molar-refractivity contribution in [2.45, 2.75) is 19.4 Å². The van der Waals surface area contributed by atoms with Crippen LogP contribution >= 0.6 is 0 Å². The molecule has 0 aliphatic carbocycles. The summed E-state index contributed by atoms with van der Waals surface area (Å²) in [4.78, 5) is 4.03. The maximum Gasteiger partial charge on any atom is 0.211 e. The average Bonchev–Trinajstić information content (AvgIpc) is 2.28. The van der Waals surface area contributed by atoms with Crippen molar-refractivity contribution in [1.82, 2.24) is 9.71 Å². The zero-order valence-electron chi connectivity index (χ0n) is 9.09. The van der Waals surface area contributed by atoms with Gasteiger partial charge in [-0.25, -0.2) is 13.1 Å². The van der Waals surface area contributed by atoms with Gasteiger partial charge < -0.3 is 5.73 Å². The second kappa shape index (κ2) is 6.57. The Morgan fingerprint density at radius 2 is 2.12 bits per heavy atom. The topological polar surface area (TPSA) is 85.1 Å². The molecule has 0 atom stereocenters. The molecule has 3 N–H and O–H groups in total. The molecule has 0 saturated heterocycles. The molecule has 0 unspecified atom stereocenters. The third-order valence-electron chi connectivity index (χ3n) is 2.07. The molecule has 16 heavy (non-hydrogen) atoms.